The van der Waals surface area contributed by atoms with Crippen LogP contribution in [-0.2, 0) is 14.2 Å². The van der Waals surface area contributed by atoms with Crippen LogP contribution in [0.25, 0.3) is 0 Å². The van der Waals surface area contributed by atoms with E-state index in [-0.39, 0.29) is 6.10 Å². The molecular formula is C13H22O5. The molecule has 0 aliphatic carbocycles. The Bertz CT molecular complexity index is 271. The number of rotatable bonds is 8. The summed E-state index contributed by atoms with van der Waals surface area (Å²) < 4.78 is 16.4. The topological polar surface area (TPSA) is 71.5 Å². The van der Waals surface area contributed by atoms with Crippen molar-refractivity contribution in [1.82, 2.24) is 0 Å². The van der Waals surface area contributed by atoms with Gasteiger partial charge in [-0.3, -0.25) is 0 Å². The average molecular weight is 258 g/mol. The highest BCUT2D eigenvalue weighted by atomic mass is 16.7. The quantitative estimate of drug-likeness (QED) is 0.492. The van der Waals surface area contributed by atoms with Gasteiger partial charge in [0.25, 0.3) is 0 Å². The Morgan fingerprint density at radius 3 is 2.39 bits per heavy atom. The second kappa shape index (κ2) is 6.12. The van der Waals surface area contributed by atoms with Crippen LogP contribution in [0.15, 0.2) is 12.7 Å². The second-order valence-electron chi connectivity index (χ2n) is 4.93. The molecule has 0 unspecified atom stereocenters. The fourth-order valence-corrected chi connectivity index (χ4v) is 2.23. The number of ether oxygens (including phenoxy) is 3. The lowest BCUT2D eigenvalue weighted by atomic mass is 9.99. The summed E-state index contributed by atoms with van der Waals surface area (Å²) in [7, 11) is 0. The SMILES string of the molecule is C=C[C@@H](O)CCC1(CC[C@@H](O)[C@@H]2CO2)OCCO1. The van der Waals surface area contributed by atoms with Crippen molar-refractivity contribution in [2.24, 2.45) is 0 Å². The zero-order valence-electron chi connectivity index (χ0n) is 10.6. The summed E-state index contributed by atoms with van der Waals surface area (Å²) in [5.74, 6) is -0.653. The van der Waals surface area contributed by atoms with E-state index in [0.29, 0.717) is 45.5 Å². The normalized spacial score (nSPS) is 28.9. The monoisotopic (exact) mass is 258 g/mol. The van der Waals surface area contributed by atoms with Gasteiger partial charge in [0, 0.05) is 12.8 Å². The minimum Gasteiger partial charge on any atom is -0.390 e. The van der Waals surface area contributed by atoms with Gasteiger partial charge in [-0.25, -0.2) is 0 Å². The van der Waals surface area contributed by atoms with Gasteiger partial charge in [-0.05, 0) is 12.8 Å². The molecule has 0 aromatic rings. The zero-order chi connectivity index (χ0) is 13.0. The predicted octanol–water partition coefficient (Wildman–Crippen LogP) is 0.596. The minimum absolute atomic E-state index is 0.0118. The van der Waals surface area contributed by atoms with Crippen molar-refractivity contribution in [1.29, 1.82) is 0 Å². The maximum atomic E-state index is 9.79. The molecule has 0 saturated carbocycles. The average Bonchev–Trinajstić information content (AvgIpc) is 3.14. The van der Waals surface area contributed by atoms with E-state index in [4.69, 9.17) is 14.2 Å². The third-order valence-corrected chi connectivity index (χ3v) is 3.52. The maximum Gasteiger partial charge on any atom is 0.168 e. The van der Waals surface area contributed by atoms with Gasteiger partial charge in [0.2, 0.25) is 0 Å². The van der Waals surface area contributed by atoms with Gasteiger partial charge in [-0.15, -0.1) is 6.58 Å². The lowest BCUT2D eigenvalue weighted by Gasteiger charge is -2.28. The number of hydrogen-bond acceptors (Lipinski definition) is 5. The molecule has 3 atom stereocenters. The molecule has 0 spiro atoms. The second-order valence-corrected chi connectivity index (χ2v) is 4.93. The van der Waals surface area contributed by atoms with Crippen molar-refractivity contribution in [3.05, 3.63) is 12.7 Å². The Hall–Kier alpha value is -0.460. The third-order valence-electron chi connectivity index (χ3n) is 3.52. The summed E-state index contributed by atoms with van der Waals surface area (Å²) in [6, 6.07) is 0. The van der Waals surface area contributed by atoms with E-state index in [9.17, 15) is 10.2 Å². The molecular weight excluding hydrogens is 236 g/mol. The number of aliphatic hydroxyl groups excluding tert-OH is 2. The number of hydrogen-bond donors (Lipinski definition) is 2. The van der Waals surface area contributed by atoms with Gasteiger partial charge in [0.05, 0.1) is 32.0 Å². The Morgan fingerprint density at radius 1 is 1.22 bits per heavy atom. The fraction of sp³-hybridized carbons (Fsp3) is 0.846. The lowest BCUT2D eigenvalue weighted by molar-refractivity contribution is -0.174. The van der Waals surface area contributed by atoms with Crippen molar-refractivity contribution in [2.75, 3.05) is 19.8 Å². The van der Waals surface area contributed by atoms with Crippen molar-refractivity contribution in [3.8, 4) is 0 Å². The molecule has 0 bridgehead atoms. The fourth-order valence-electron chi connectivity index (χ4n) is 2.23. The molecule has 2 saturated heterocycles. The van der Waals surface area contributed by atoms with Crippen LogP contribution in [-0.4, -0.2) is 54.1 Å². The molecule has 2 heterocycles. The van der Waals surface area contributed by atoms with Crippen LogP contribution in [0.2, 0.25) is 0 Å². The Kier molecular flexibility index (Phi) is 4.75. The van der Waals surface area contributed by atoms with E-state index in [1.807, 2.05) is 0 Å². The van der Waals surface area contributed by atoms with Crippen LogP contribution in [0.5, 0.6) is 0 Å². The predicted molar refractivity (Wildman–Crippen MR) is 65.1 cm³/mol. The van der Waals surface area contributed by atoms with Crippen molar-refractivity contribution in [2.45, 2.75) is 49.8 Å². The van der Waals surface area contributed by atoms with Gasteiger partial charge in [0.1, 0.15) is 6.10 Å². The first-order valence-electron chi connectivity index (χ1n) is 6.53. The molecule has 0 aromatic heterocycles. The van der Waals surface area contributed by atoms with Gasteiger partial charge >= 0.3 is 0 Å². The third kappa shape index (κ3) is 3.76. The molecule has 104 valence electrons. The van der Waals surface area contributed by atoms with Gasteiger partial charge in [-0.2, -0.15) is 0 Å². The molecule has 5 heteroatoms. The first-order valence-corrected chi connectivity index (χ1v) is 6.53. The summed E-state index contributed by atoms with van der Waals surface area (Å²) in [5.41, 5.74) is 0. The van der Waals surface area contributed by atoms with Crippen LogP contribution < -0.4 is 0 Å². The molecule has 2 fully saturated rings. The number of aliphatic hydroxyl groups is 2. The number of epoxide rings is 1. The highest BCUT2D eigenvalue weighted by Crippen LogP contribution is 2.32. The molecule has 18 heavy (non-hydrogen) atoms. The Morgan fingerprint density at radius 2 is 1.83 bits per heavy atom. The lowest BCUT2D eigenvalue weighted by Crippen LogP contribution is -2.33. The molecule has 0 aromatic carbocycles. The smallest absolute Gasteiger partial charge is 0.168 e. The first kappa shape index (κ1) is 14.0. The molecule has 2 rings (SSSR count). The van der Waals surface area contributed by atoms with Crippen LogP contribution in [0.3, 0.4) is 0 Å². The molecule has 0 radical (unpaired) electrons. The summed E-state index contributed by atoms with van der Waals surface area (Å²) in [6.07, 6.45) is 2.90. The summed E-state index contributed by atoms with van der Waals surface area (Å²) in [5, 5.41) is 19.3. The van der Waals surface area contributed by atoms with Crippen molar-refractivity contribution >= 4 is 0 Å². The molecule has 2 aliphatic heterocycles. The molecule has 2 aliphatic rings. The van der Waals surface area contributed by atoms with Crippen molar-refractivity contribution in [3.63, 3.8) is 0 Å². The Labute approximate surface area is 107 Å². The van der Waals surface area contributed by atoms with E-state index in [0.717, 1.165) is 0 Å². The highest BCUT2D eigenvalue weighted by molar-refractivity contribution is 4.85. The van der Waals surface area contributed by atoms with Crippen molar-refractivity contribution < 1.29 is 24.4 Å². The highest BCUT2D eigenvalue weighted by Gasteiger charge is 2.39. The van der Waals surface area contributed by atoms with E-state index in [1.165, 1.54) is 6.08 Å². The summed E-state index contributed by atoms with van der Waals surface area (Å²) in [6.45, 7) is 5.33. The maximum absolute atomic E-state index is 9.79. The largest absolute Gasteiger partial charge is 0.390 e. The molecule has 5 nitrogen and oxygen atoms in total. The summed E-state index contributed by atoms with van der Waals surface area (Å²) >= 11 is 0. The van der Waals surface area contributed by atoms with Crippen LogP contribution in [0.1, 0.15) is 25.7 Å². The minimum atomic E-state index is -0.653. The van der Waals surface area contributed by atoms with E-state index in [1.54, 1.807) is 0 Å². The molecule has 2 N–H and O–H groups in total. The van der Waals surface area contributed by atoms with E-state index < -0.39 is 18.0 Å². The van der Waals surface area contributed by atoms with E-state index >= 15 is 0 Å². The van der Waals surface area contributed by atoms with Gasteiger partial charge in [0.15, 0.2) is 5.79 Å². The van der Waals surface area contributed by atoms with E-state index in [2.05, 4.69) is 6.58 Å². The first-order chi connectivity index (χ1) is 8.65. The summed E-state index contributed by atoms with van der Waals surface area (Å²) in [4.78, 5) is 0. The zero-order valence-corrected chi connectivity index (χ0v) is 10.6. The van der Waals surface area contributed by atoms with Gasteiger partial charge < -0.3 is 24.4 Å². The van der Waals surface area contributed by atoms with Gasteiger partial charge in [-0.1, -0.05) is 6.08 Å². The molecule has 0 amide bonds. The Balaban J connectivity index is 1.79. The standard InChI is InChI=1S/C13H22O5/c1-2-10(14)3-5-13(17-7-8-18-13)6-4-11(15)12-9-16-12/h2,10-12,14-15H,1,3-9H2/t10-,11-,12+/m1/s1. The van der Waals surface area contributed by atoms with Crippen LogP contribution in [0, 0.1) is 0 Å². The van der Waals surface area contributed by atoms with Crippen LogP contribution in [0.4, 0.5) is 0 Å². The van der Waals surface area contributed by atoms with Crippen LogP contribution >= 0.6 is 0 Å².